The average molecular weight is 365 g/mol. The van der Waals surface area contributed by atoms with Crippen molar-refractivity contribution >= 4 is 15.7 Å². The van der Waals surface area contributed by atoms with Gasteiger partial charge in [0.05, 0.1) is 10.6 Å². The molecule has 0 aromatic heterocycles. The summed E-state index contributed by atoms with van der Waals surface area (Å²) in [5.74, 6) is 0.219. The summed E-state index contributed by atoms with van der Waals surface area (Å²) in [6.07, 6.45) is 3.08. The molecule has 1 aromatic carbocycles. The van der Waals surface area contributed by atoms with Crippen molar-refractivity contribution in [3.05, 3.63) is 29.8 Å². The highest BCUT2D eigenvalue weighted by molar-refractivity contribution is 7.91. The number of amides is 1. The van der Waals surface area contributed by atoms with Crippen LogP contribution in [0.15, 0.2) is 29.2 Å². The number of sulfone groups is 1. The molecule has 2 aliphatic rings. The second kappa shape index (κ2) is 7.08. The van der Waals surface area contributed by atoms with Crippen LogP contribution < -0.4 is 5.32 Å². The van der Waals surface area contributed by atoms with Crippen LogP contribution in [0.2, 0.25) is 0 Å². The van der Waals surface area contributed by atoms with Gasteiger partial charge in [0.15, 0.2) is 9.84 Å². The van der Waals surface area contributed by atoms with Crippen molar-refractivity contribution in [3.8, 4) is 0 Å². The molecule has 1 saturated heterocycles. The van der Waals surface area contributed by atoms with E-state index in [1.54, 1.807) is 29.2 Å². The Balaban J connectivity index is 1.61. The molecule has 1 aliphatic carbocycles. The lowest BCUT2D eigenvalue weighted by Gasteiger charge is -2.26. The van der Waals surface area contributed by atoms with Gasteiger partial charge in [0.1, 0.15) is 0 Å². The van der Waals surface area contributed by atoms with E-state index in [1.807, 2.05) is 13.8 Å². The second-order valence-electron chi connectivity index (χ2n) is 7.42. The summed E-state index contributed by atoms with van der Waals surface area (Å²) in [6.45, 7) is 6.66. The van der Waals surface area contributed by atoms with Crippen LogP contribution in [-0.2, 0) is 14.6 Å². The van der Waals surface area contributed by atoms with E-state index in [-0.39, 0.29) is 29.5 Å². The largest absolute Gasteiger partial charge is 0.342 e. The van der Waals surface area contributed by atoms with E-state index in [0.717, 1.165) is 37.9 Å². The zero-order valence-electron chi connectivity index (χ0n) is 15.1. The molecule has 1 amide bonds. The van der Waals surface area contributed by atoms with Crippen LogP contribution in [0.25, 0.3) is 0 Å². The van der Waals surface area contributed by atoms with Gasteiger partial charge in [0.2, 0.25) is 5.91 Å². The van der Waals surface area contributed by atoms with Crippen molar-refractivity contribution < 1.29 is 13.2 Å². The molecule has 1 aliphatic heterocycles. The Hall–Kier alpha value is -1.40. The molecule has 5 nitrogen and oxygen atoms in total. The van der Waals surface area contributed by atoms with Crippen LogP contribution in [-0.4, -0.2) is 51.2 Å². The molecule has 3 rings (SSSR count). The first kappa shape index (κ1) is 18.4. The number of nitrogens with zero attached hydrogens (tertiary/aromatic N) is 1. The number of carbonyl (C=O) groups is 1. The summed E-state index contributed by atoms with van der Waals surface area (Å²) >= 11 is 0. The highest BCUT2D eigenvalue weighted by Crippen LogP contribution is 2.59. The van der Waals surface area contributed by atoms with Crippen molar-refractivity contribution in [3.63, 3.8) is 0 Å². The van der Waals surface area contributed by atoms with Crippen molar-refractivity contribution in [2.75, 3.05) is 31.9 Å². The number of rotatable bonds is 6. The summed E-state index contributed by atoms with van der Waals surface area (Å²) in [4.78, 5) is 14.9. The fraction of sp³-hybridized carbons (Fsp3) is 0.632. The molecule has 6 heteroatoms. The van der Waals surface area contributed by atoms with E-state index in [9.17, 15) is 13.2 Å². The van der Waals surface area contributed by atoms with E-state index >= 15 is 0 Å². The summed E-state index contributed by atoms with van der Waals surface area (Å²) < 4.78 is 25.0. The van der Waals surface area contributed by atoms with Gasteiger partial charge in [-0.3, -0.25) is 4.79 Å². The first-order valence-corrected chi connectivity index (χ1v) is 10.8. The van der Waals surface area contributed by atoms with Crippen LogP contribution in [0.5, 0.6) is 0 Å². The Morgan fingerprint density at radius 2 is 1.88 bits per heavy atom. The Bertz CT molecular complexity index is 722. The highest BCUT2D eigenvalue weighted by atomic mass is 32.2. The third-order valence-corrected chi connectivity index (χ3v) is 7.50. The number of benzene rings is 1. The molecule has 0 bridgehead atoms. The fourth-order valence-electron chi connectivity index (χ4n) is 3.91. The Morgan fingerprint density at radius 3 is 2.48 bits per heavy atom. The smallest absolute Gasteiger partial charge is 0.226 e. The molecule has 1 saturated carbocycles. The molecule has 0 radical (unpaired) electrons. The van der Waals surface area contributed by atoms with Crippen molar-refractivity contribution in [1.82, 2.24) is 10.2 Å². The quantitative estimate of drug-likeness (QED) is 0.838. The zero-order valence-corrected chi connectivity index (χ0v) is 15.9. The fourth-order valence-corrected chi connectivity index (χ4v) is 5.16. The maximum absolute atomic E-state index is 12.8. The van der Waals surface area contributed by atoms with Crippen LogP contribution in [0.4, 0.5) is 0 Å². The summed E-state index contributed by atoms with van der Waals surface area (Å²) in [7, 11) is -3.36. The SMILES string of the molecule is CCN(CCS(=O)(=O)c1ccc(C)cc1)C(=O)C1CC12CCNCC2. The standard InChI is InChI=1S/C19H28N2O3S/c1-3-21(18(22)17-14-19(17)8-10-20-11-9-19)12-13-25(23,24)16-6-4-15(2)5-7-16/h4-7,17,20H,3,8-14H2,1-2H3. The molecule has 1 aromatic rings. The van der Waals surface area contributed by atoms with Crippen molar-refractivity contribution in [2.24, 2.45) is 11.3 Å². The number of carbonyl (C=O) groups excluding carboxylic acids is 1. The van der Waals surface area contributed by atoms with Gasteiger partial charge in [-0.25, -0.2) is 8.42 Å². The number of piperidine rings is 1. The first-order valence-electron chi connectivity index (χ1n) is 9.17. The van der Waals surface area contributed by atoms with Gasteiger partial charge in [0.25, 0.3) is 0 Å². The number of hydrogen-bond acceptors (Lipinski definition) is 4. The summed E-state index contributed by atoms with van der Waals surface area (Å²) in [6, 6.07) is 6.91. The number of hydrogen-bond donors (Lipinski definition) is 1. The van der Waals surface area contributed by atoms with Crippen LogP contribution >= 0.6 is 0 Å². The molecule has 138 valence electrons. The zero-order chi connectivity index (χ0) is 18.1. The van der Waals surface area contributed by atoms with Crippen molar-refractivity contribution in [2.45, 2.75) is 38.0 Å². The molecular formula is C19H28N2O3S. The van der Waals surface area contributed by atoms with E-state index in [1.165, 1.54) is 0 Å². The predicted octanol–water partition coefficient (Wildman–Crippen LogP) is 2.01. The minimum Gasteiger partial charge on any atom is -0.342 e. The number of nitrogens with one attached hydrogen (secondary N) is 1. The van der Waals surface area contributed by atoms with E-state index < -0.39 is 9.84 Å². The lowest BCUT2D eigenvalue weighted by molar-refractivity contribution is -0.133. The minimum atomic E-state index is -3.36. The molecule has 1 atom stereocenters. The van der Waals surface area contributed by atoms with Gasteiger partial charge >= 0.3 is 0 Å². The molecule has 25 heavy (non-hydrogen) atoms. The van der Waals surface area contributed by atoms with Crippen molar-refractivity contribution in [1.29, 1.82) is 0 Å². The molecule has 1 heterocycles. The predicted molar refractivity (Wildman–Crippen MR) is 98.1 cm³/mol. The van der Waals surface area contributed by atoms with Crippen LogP contribution in [0.1, 0.15) is 31.7 Å². The van der Waals surface area contributed by atoms with Gasteiger partial charge in [-0.05, 0) is 63.7 Å². The van der Waals surface area contributed by atoms with Gasteiger partial charge < -0.3 is 10.2 Å². The summed E-state index contributed by atoms with van der Waals surface area (Å²) in [5, 5.41) is 3.35. The third-order valence-electron chi connectivity index (χ3n) is 5.79. The van der Waals surface area contributed by atoms with Gasteiger partial charge in [-0.15, -0.1) is 0 Å². The topological polar surface area (TPSA) is 66.5 Å². The molecule has 1 unspecified atom stereocenters. The molecule has 2 fully saturated rings. The molecular weight excluding hydrogens is 336 g/mol. The maximum atomic E-state index is 12.8. The summed E-state index contributed by atoms with van der Waals surface area (Å²) in [5.41, 5.74) is 1.22. The third kappa shape index (κ3) is 3.90. The Labute approximate surface area is 150 Å². The Morgan fingerprint density at radius 1 is 1.24 bits per heavy atom. The van der Waals surface area contributed by atoms with E-state index in [0.29, 0.717) is 11.4 Å². The van der Waals surface area contributed by atoms with Gasteiger partial charge in [-0.2, -0.15) is 0 Å². The lowest BCUT2D eigenvalue weighted by atomic mass is 9.91. The highest BCUT2D eigenvalue weighted by Gasteiger charge is 2.58. The molecule has 1 N–H and O–H groups in total. The average Bonchev–Trinajstić information content (AvgIpc) is 3.29. The second-order valence-corrected chi connectivity index (χ2v) is 9.53. The molecule has 1 spiro atoms. The monoisotopic (exact) mass is 364 g/mol. The minimum absolute atomic E-state index is 0.0169. The van der Waals surface area contributed by atoms with Gasteiger partial charge in [-0.1, -0.05) is 17.7 Å². The first-order chi connectivity index (χ1) is 11.9. The maximum Gasteiger partial charge on any atom is 0.226 e. The van der Waals surface area contributed by atoms with Gasteiger partial charge in [0, 0.05) is 19.0 Å². The van der Waals surface area contributed by atoms with Crippen LogP contribution in [0.3, 0.4) is 0 Å². The van der Waals surface area contributed by atoms with Crippen LogP contribution in [0, 0.1) is 18.3 Å². The normalized spacial score (nSPS) is 21.9. The Kier molecular flexibility index (Phi) is 5.21. The van der Waals surface area contributed by atoms with E-state index in [2.05, 4.69) is 5.32 Å². The number of aryl methyl sites for hydroxylation is 1. The van der Waals surface area contributed by atoms with E-state index in [4.69, 9.17) is 0 Å². The lowest BCUT2D eigenvalue weighted by Crippen LogP contribution is -2.38.